The van der Waals surface area contributed by atoms with Crippen LogP contribution in [0.1, 0.15) is 44.9 Å². The minimum Gasteiger partial charge on any atom is -0.376 e. The van der Waals surface area contributed by atoms with Gasteiger partial charge in [0, 0.05) is 18.9 Å². The van der Waals surface area contributed by atoms with Crippen LogP contribution >= 0.6 is 0 Å². The molecule has 2 rings (SSSR count). The lowest BCUT2D eigenvalue weighted by molar-refractivity contribution is -0.139. The van der Waals surface area contributed by atoms with Gasteiger partial charge < -0.3 is 10.1 Å². The van der Waals surface area contributed by atoms with Crippen LogP contribution in [-0.4, -0.2) is 36.8 Å². The van der Waals surface area contributed by atoms with E-state index in [2.05, 4.69) is 15.8 Å². The average molecular weight is 267 g/mol. The zero-order valence-corrected chi connectivity index (χ0v) is 11.1. The van der Waals surface area contributed by atoms with E-state index in [0.717, 1.165) is 50.8 Å². The number of nitrogens with zero attached hydrogens (tertiary/aromatic N) is 1. The van der Waals surface area contributed by atoms with Crippen molar-refractivity contribution < 1.29 is 14.3 Å². The molecule has 0 aromatic rings. The molecular weight excluding hydrogens is 246 g/mol. The van der Waals surface area contributed by atoms with Crippen LogP contribution in [0, 0.1) is 0 Å². The molecule has 1 saturated heterocycles. The van der Waals surface area contributed by atoms with E-state index in [9.17, 15) is 9.59 Å². The molecule has 1 atom stereocenters. The Kier molecular flexibility index (Phi) is 5.32. The van der Waals surface area contributed by atoms with Crippen molar-refractivity contribution in [1.29, 1.82) is 0 Å². The molecule has 6 nitrogen and oxygen atoms in total. The van der Waals surface area contributed by atoms with E-state index in [1.54, 1.807) is 0 Å². The molecule has 1 heterocycles. The normalized spacial score (nSPS) is 22.9. The van der Waals surface area contributed by atoms with Crippen LogP contribution in [-0.2, 0) is 14.3 Å². The van der Waals surface area contributed by atoms with Crippen molar-refractivity contribution in [2.75, 3.05) is 13.2 Å². The van der Waals surface area contributed by atoms with Gasteiger partial charge >= 0.3 is 11.8 Å². The van der Waals surface area contributed by atoms with Gasteiger partial charge in [0.05, 0.1) is 6.10 Å². The highest BCUT2D eigenvalue weighted by molar-refractivity contribution is 6.35. The first-order valence-electron chi connectivity index (χ1n) is 7.01. The highest BCUT2D eigenvalue weighted by Gasteiger charge is 2.19. The highest BCUT2D eigenvalue weighted by Crippen LogP contribution is 2.14. The van der Waals surface area contributed by atoms with Crippen molar-refractivity contribution in [3.05, 3.63) is 0 Å². The van der Waals surface area contributed by atoms with Gasteiger partial charge in [-0.05, 0) is 38.5 Å². The van der Waals surface area contributed by atoms with Crippen molar-refractivity contribution in [2.45, 2.75) is 51.0 Å². The lowest BCUT2D eigenvalue weighted by atomic mass is 9.99. The van der Waals surface area contributed by atoms with E-state index < -0.39 is 11.8 Å². The van der Waals surface area contributed by atoms with Crippen LogP contribution in [0.5, 0.6) is 0 Å². The number of hydrogen-bond acceptors (Lipinski definition) is 4. The second-order valence-electron chi connectivity index (χ2n) is 5.02. The Morgan fingerprint density at radius 3 is 2.63 bits per heavy atom. The van der Waals surface area contributed by atoms with E-state index in [4.69, 9.17) is 4.74 Å². The molecule has 0 spiro atoms. The number of carbonyl (C=O) groups excluding carboxylic acids is 2. The van der Waals surface area contributed by atoms with Gasteiger partial charge in [-0.15, -0.1) is 0 Å². The minimum atomic E-state index is -0.698. The number of hydrogen-bond donors (Lipinski definition) is 2. The lowest BCUT2D eigenvalue weighted by Crippen LogP contribution is -2.41. The van der Waals surface area contributed by atoms with E-state index >= 15 is 0 Å². The maximum absolute atomic E-state index is 11.5. The molecule has 1 aliphatic heterocycles. The molecule has 0 aromatic carbocycles. The number of carbonyl (C=O) groups is 2. The van der Waals surface area contributed by atoms with Crippen LogP contribution in [0.15, 0.2) is 5.10 Å². The van der Waals surface area contributed by atoms with Crippen LogP contribution in [0.25, 0.3) is 0 Å². The Balaban J connectivity index is 1.68. The largest absolute Gasteiger partial charge is 0.376 e. The summed E-state index contributed by atoms with van der Waals surface area (Å²) in [6, 6.07) is 0. The molecule has 106 valence electrons. The number of amides is 2. The molecule has 2 N–H and O–H groups in total. The average Bonchev–Trinajstić information content (AvgIpc) is 2.96. The second-order valence-corrected chi connectivity index (χ2v) is 5.02. The van der Waals surface area contributed by atoms with Gasteiger partial charge in [0.25, 0.3) is 0 Å². The molecule has 2 fully saturated rings. The lowest BCUT2D eigenvalue weighted by Gasteiger charge is -2.12. The Morgan fingerprint density at radius 1 is 1.16 bits per heavy atom. The van der Waals surface area contributed by atoms with Crippen molar-refractivity contribution in [2.24, 2.45) is 5.10 Å². The molecular formula is C13H21N3O3. The third-order valence-electron chi connectivity index (χ3n) is 3.47. The Labute approximate surface area is 113 Å². The predicted octanol–water partition coefficient (Wildman–Crippen LogP) is 0.718. The quantitative estimate of drug-likeness (QED) is 0.584. The van der Waals surface area contributed by atoms with Gasteiger partial charge in [-0.25, -0.2) is 5.43 Å². The molecule has 1 saturated carbocycles. The first-order valence-corrected chi connectivity index (χ1v) is 7.01. The van der Waals surface area contributed by atoms with Crippen LogP contribution < -0.4 is 10.7 Å². The van der Waals surface area contributed by atoms with Crippen LogP contribution in [0.4, 0.5) is 0 Å². The Morgan fingerprint density at radius 2 is 1.95 bits per heavy atom. The molecule has 0 aromatic heterocycles. The molecule has 0 bridgehead atoms. The molecule has 0 unspecified atom stereocenters. The van der Waals surface area contributed by atoms with Crippen molar-refractivity contribution in [3.63, 3.8) is 0 Å². The van der Waals surface area contributed by atoms with Gasteiger partial charge in [0.15, 0.2) is 0 Å². The predicted molar refractivity (Wildman–Crippen MR) is 70.6 cm³/mol. The summed E-state index contributed by atoms with van der Waals surface area (Å²) in [5.41, 5.74) is 3.30. The van der Waals surface area contributed by atoms with Crippen molar-refractivity contribution in [1.82, 2.24) is 10.7 Å². The zero-order valence-electron chi connectivity index (χ0n) is 11.1. The molecule has 2 amide bonds. The number of ether oxygens (including phenoxy) is 1. The summed E-state index contributed by atoms with van der Waals surface area (Å²) >= 11 is 0. The Bertz CT molecular complexity index is 354. The standard InChI is InChI=1S/C13H21N3O3/c17-12(14-9-11-7-4-8-19-11)13(18)16-15-10-5-2-1-3-6-10/h11H,1-9H2,(H,14,17)(H,16,18)/t11-/m1/s1. The number of hydrazone groups is 1. The summed E-state index contributed by atoms with van der Waals surface area (Å²) in [4.78, 5) is 23.0. The fourth-order valence-corrected chi connectivity index (χ4v) is 2.34. The van der Waals surface area contributed by atoms with E-state index in [-0.39, 0.29) is 6.10 Å². The number of rotatable bonds is 3. The summed E-state index contributed by atoms with van der Waals surface area (Å²) in [6.45, 7) is 1.13. The Hall–Kier alpha value is -1.43. The molecule has 2 aliphatic rings. The molecule has 1 aliphatic carbocycles. The SMILES string of the molecule is O=C(NC[C@H]1CCCO1)C(=O)NN=C1CCCCC1. The van der Waals surface area contributed by atoms with Gasteiger partial charge in [0.1, 0.15) is 0 Å². The molecule has 6 heteroatoms. The second kappa shape index (κ2) is 7.23. The summed E-state index contributed by atoms with van der Waals surface area (Å²) in [6.07, 6.45) is 7.26. The highest BCUT2D eigenvalue weighted by atomic mass is 16.5. The fraction of sp³-hybridized carbons (Fsp3) is 0.769. The van der Waals surface area contributed by atoms with E-state index in [1.165, 1.54) is 6.42 Å². The van der Waals surface area contributed by atoms with Crippen molar-refractivity contribution in [3.8, 4) is 0 Å². The zero-order chi connectivity index (χ0) is 13.5. The molecule has 19 heavy (non-hydrogen) atoms. The van der Waals surface area contributed by atoms with E-state index in [1.807, 2.05) is 0 Å². The van der Waals surface area contributed by atoms with Crippen molar-refractivity contribution >= 4 is 17.5 Å². The fourth-order valence-electron chi connectivity index (χ4n) is 2.34. The summed E-state index contributed by atoms with van der Waals surface area (Å²) in [5.74, 6) is -1.34. The topological polar surface area (TPSA) is 79.8 Å². The maximum atomic E-state index is 11.5. The van der Waals surface area contributed by atoms with Crippen LogP contribution in [0.3, 0.4) is 0 Å². The molecule has 0 radical (unpaired) electrons. The van der Waals surface area contributed by atoms with Gasteiger partial charge in [-0.2, -0.15) is 5.10 Å². The van der Waals surface area contributed by atoms with Gasteiger partial charge in [-0.3, -0.25) is 9.59 Å². The first-order chi connectivity index (χ1) is 9.25. The minimum absolute atomic E-state index is 0.0430. The summed E-state index contributed by atoms with van der Waals surface area (Å²) in [7, 11) is 0. The van der Waals surface area contributed by atoms with Gasteiger partial charge in [-0.1, -0.05) is 6.42 Å². The maximum Gasteiger partial charge on any atom is 0.329 e. The van der Waals surface area contributed by atoms with Crippen LogP contribution in [0.2, 0.25) is 0 Å². The summed E-state index contributed by atoms with van der Waals surface area (Å²) in [5, 5.41) is 6.58. The summed E-state index contributed by atoms with van der Waals surface area (Å²) < 4.78 is 5.36. The van der Waals surface area contributed by atoms with E-state index in [0.29, 0.717) is 6.54 Å². The van der Waals surface area contributed by atoms with Gasteiger partial charge in [0.2, 0.25) is 0 Å². The first kappa shape index (κ1) is 14.0. The third-order valence-corrected chi connectivity index (χ3v) is 3.47. The monoisotopic (exact) mass is 267 g/mol. The third kappa shape index (κ3) is 4.63. The smallest absolute Gasteiger partial charge is 0.329 e. The number of nitrogens with one attached hydrogen (secondary N) is 2.